The van der Waals surface area contributed by atoms with Crippen molar-refractivity contribution in [2.24, 2.45) is 16.2 Å². The Balaban J connectivity index is 1.84. The molecule has 11 heteroatoms. The van der Waals surface area contributed by atoms with Crippen molar-refractivity contribution >= 4 is 29.2 Å². The number of rotatable bonds is 10. The molecule has 0 fully saturated rings. The van der Waals surface area contributed by atoms with Crippen LogP contribution in [-0.2, 0) is 4.74 Å². The van der Waals surface area contributed by atoms with Gasteiger partial charge in [0.1, 0.15) is 17.4 Å². The van der Waals surface area contributed by atoms with Crippen LogP contribution in [0.2, 0.25) is 0 Å². The van der Waals surface area contributed by atoms with Crippen molar-refractivity contribution in [2.75, 3.05) is 19.0 Å². The summed E-state index contributed by atoms with van der Waals surface area (Å²) in [6.45, 7) is 2.79. The van der Waals surface area contributed by atoms with Crippen molar-refractivity contribution < 1.29 is 13.9 Å². The van der Waals surface area contributed by atoms with E-state index in [0.29, 0.717) is 40.6 Å². The fraction of sp³-hybridized carbons (Fsp3) is 0.227. The van der Waals surface area contributed by atoms with Gasteiger partial charge in [-0.05, 0) is 48.9 Å². The number of hydrogen-bond donors (Lipinski definition) is 3. The third-order valence-electron chi connectivity index (χ3n) is 4.38. The van der Waals surface area contributed by atoms with Crippen molar-refractivity contribution in [3.63, 3.8) is 0 Å². The Labute approximate surface area is 195 Å². The van der Waals surface area contributed by atoms with E-state index in [4.69, 9.17) is 20.7 Å². The number of thioether (sulfide) groups is 1. The van der Waals surface area contributed by atoms with Gasteiger partial charge in [0.2, 0.25) is 0 Å². The van der Waals surface area contributed by atoms with E-state index in [1.54, 1.807) is 49.3 Å². The van der Waals surface area contributed by atoms with Crippen LogP contribution in [0.5, 0.6) is 11.5 Å². The normalized spacial score (nSPS) is 12.0. The second-order valence-electron chi connectivity index (χ2n) is 6.90. The Morgan fingerprint density at radius 3 is 2.67 bits per heavy atom. The monoisotopic (exact) mass is 469 g/mol. The van der Waals surface area contributed by atoms with Gasteiger partial charge in [-0.25, -0.2) is 14.4 Å². The van der Waals surface area contributed by atoms with E-state index in [1.165, 1.54) is 18.3 Å². The van der Waals surface area contributed by atoms with Gasteiger partial charge in [-0.1, -0.05) is 12.1 Å². The molecule has 172 valence electrons. The second kappa shape index (κ2) is 11.9. The van der Waals surface area contributed by atoms with Crippen molar-refractivity contribution in [1.82, 2.24) is 9.97 Å². The number of ether oxygens (including phenoxy) is 2. The molecule has 3 aromatic rings. The van der Waals surface area contributed by atoms with Crippen LogP contribution in [0.3, 0.4) is 0 Å². The lowest BCUT2D eigenvalue weighted by Gasteiger charge is -2.15. The number of anilines is 2. The van der Waals surface area contributed by atoms with E-state index in [9.17, 15) is 4.39 Å². The molecule has 4 N–H and O–H groups in total. The molecule has 33 heavy (non-hydrogen) atoms. The molecule has 3 rings (SSSR count). The Morgan fingerprint density at radius 1 is 1.21 bits per heavy atom. The van der Waals surface area contributed by atoms with E-state index < -0.39 is 0 Å². The van der Waals surface area contributed by atoms with Gasteiger partial charge in [0.05, 0.1) is 0 Å². The topological polar surface area (TPSA) is 131 Å². The van der Waals surface area contributed by atoms with E-state index >= 15 is 0 Å². The molecular formula is C22H24FN7O2S. The van der Waals surface area contributed by atoms with Crippen LogP contribution in [0.25, 0.3) is 0 Å². The van der Waals surface area contributed by atoms with Crippen LogP contribution in [0.1, 0.15) is 18.9 Å². The van der Waals surface area contributed by atoms with Gasteiger partial charge in [0, 0.05) is 41.8 Å². The van der Waals surface area contributed by atoms with Crippen LogP contribution >= 0.6 is 11.8 Å². The summed E-state index contributed by atoms with van der Waals surface area (Å²) >= 11 is 1.66. The highest BCUT2D eigenvalue weighted by molar-refractivity contribution is 7.99. The van der Waals surface area contributed by atoms with Crippen LogP contribution in [-0.4, -0.2) is 34.8 Å². The van der Waals surface area contributed by atoms with Gasteiger partial charge >= 0.3 is 0 Å². The third-order valence-corrected chi connectivity index (χ3v) is 5.51. The zero-order chi connectivity index (χ0) is 23.6. The fourth-order valence-corrected chi connectivity index (χ4v) is 3.68. The summed E-state index contributed by atoms with van der Waals surface area (Å²) in [5.74, 6) is 6.40. The van der Waals surface area contributed by atoms with E-state index in [-0.39, 0.29) is 11.7 Å². The first-order valence-electron chi connectivity index (χ1n) is 10.0. The average Bonchev–Trinajstić information content (AvgIpc) is 2.81. The van der Waals surface area contributed by atoms with Crippen LogP contribution in [0, 0.1) is 11.2 Å². The van der Waals surface area contributed by atoms with Crippen LogP contribution in [0.4, 0.5) is 16.0 Å². The molecule has 0 aliphatic rings. The Bertz CT molecular complexity index is 1090. The van der Waals surface area contributed by atoms with Crippen molar-refractivity contribution in [3.05, 3.63) is 66.2 Å². The van der Waals surface area contributed by atoms with Gasteiger partial charge in [-0.2, -0.15) is 0 Å². The molecule has 0 saturated heterocycles. The molecule has 0 aliphatic carbocycles. The zero-order valence-corrected chi connectivity index (χ0v) is 19.0. The van der Waals surface area contributed by atoms with E-state index in [0.717, 1.165) is 11.3 Å². The summed E-state index contributed by atoms with van der Waals surface area (Å²) in [7, 11) is 1.68. The third kappa shape index (κ3) is 7.22. The summed E-state index contributed by atoms with van der Waals surface area (Å²) in [6, 6.07) is 11.0. The minimum Gasteiger partial charge on any atom is -0.453 e. The Hall–Kier alpha value is -3.57. The van der Waals surface area contributed by atoms with Crippen LogP contribution < -0.4 is 15.9 Å². The fourth-order valence-electron chi connectivity index (χ4n) is 2.71. The molecule has 1 aromatic carbocycles. The molecule has 2 heterocycles. The number of pyridine rings is 2. The van der Waals surface area contributed by atoms with Crippen molar-refractivity contribution in [1.29, 1.82) is 5.41 Å². The predicted molar refractivity (Wildman–Crippen MR) is 126 cm³/mol. The first kappa shape index (κ1) is 24.1. The summed E-state index contributed by atoms with van der Waals surface area (Å²) < 4.78 is 24.5. The maximum atomic E-state index is 13.3. The number of nitrogens with zero attached hydrogens (tertiary/aromatic N) is 4. The lowest BCUT2D eigenvalue weighted by atomic mass is 10.2. The number of halogens is 1. The Kier molecular flexibility index (Phi) is 8.67. The number of methoxy groups -OCH3 is 1. The smallest absolute Gasteiger partial charge is 0.177 e. The number of benzene rings is 1. The van der Waals surface area contributed by atoms with Gasteiger partial charge in [-0.3, -0.25) is 5.41 Å². The number of hydrogen-bond acceptors (Lipinski definition) is 8. The highest BCUT2D eigenvalue weighted by Gasteiger charge is 2.13. The minimum absolute atomic E-state index is 0.0982. The summed E-state index contributed by atoms with van der Waals surface area (Å²) in [5, 5.41) is 17.8. The van der Waals surface area contributed by atoms with E-state index in [2.05, 4.69) is 32.5 Å². The number of nitrogens with two attached hydrogens (primary N) is 1. The maximum absolute atomic E-state index is 13.3. The van der Waals surface area contributed by atoms with Gasteiger partial charge in [0.25, 0.3) is 0 Å². The number of nitrogens with one attached hydrogen (secondary N) is 2. The highest BCUT2D eigenvalue weighted by atomic mass is 32.2. The standard InChI is InChI=1S/C22H24FN7O2S/c1-14(9-10-31-2)33-18-11-19(32-17-6-4-16(23)5-7-17)22(27-13-18)28-20-8-3-15(12-26-20)21(24)29-30-25/h3-8,11-14H,9-10H2,1-2H3,(H3,24,25,29)(H,26,27,28). The molecule has 9 nitrogen and oxygen atoms in total. The molecule has 0 saturated carbocycles. The first-order chi connectivity index (χ1) is 16.0. The molecule has 1 atom stereocenters. The summed E-state index contributed by atoms with van der Waals surface area (Å²) in [6.07, 6.45) is 4.12. The average molecular weight is 470 g/mol. The molecule has 0 amide bonds. The SMILES string of the molecule is COCCC(C)Sc1cnc(Nc2ccc(C(=N)N=NN)cn2)c(Oc2ccc(F)cc2)c1. The van der Waals surface area contributed by atoms with Crippen molar-refractivity contribution in [3.8, 4) is 11.5 Å². The largest absolute Gasteiger partial charge is 0.453 e. The molecule has 0 radical (unpaired) electrons. The van der Waals surface area contributed by atoms with Gasteiger partial charge < -0.3 is 20.6 Å². The molecular weight excluding hydrogens is 445 g/mol. The molecule has 2 aromatic heterocycles. The van der Waals surface area contributed by atoms with Gasteiger partial charge in [0.15, 0.2) is 17.4 Å². The lowest BCUT2D eigenvalue weighted by Crippen LogP contribution is -2.03. The highest BCUT2D eigenvalue weighted by Crippen LogP contribution is 2.35. The zero-order valence-electron chi connectivity index (χ0n) is 18.2. The van der Waals surface area contributed by atoms with Crippen molar-refractivity contribution in [2.45, 2.75) is 23.5 Å². The molecule has 1 unspecified atom stereocenters. The summed E-state index contributed by atoms with van der Waals surface area (Å²) in [5.41, 5.74) is 0.460. The first-order valence-corrected chi connectivity index (χ1v) is 10.9. The lowest BCUT2D eigenvalue weighted by molar-refractivity contribution is 0.195. The quantitative estimate of drug-likeness (QED) is 0.0914. The number of amidine groups is 1. The van der Waals surface area contributed by atoms with Crippen LogP contribution in [0.15, 0.2) is 70.1 Å². The summed E-state index contributed by atoms with van der Waals surface area (Å²) in [4.78, 5) is 9.72. The number of aromatic nitrogens is 2. The second-order valence-corrected chi connectivity index (χ2v) is 8.42. The Morgan fingerprint density at radius 2 is 2.00 bits per heavy atom. The van der Waals surface area contributed by atoms with Gasteiger partial charge in [-0.15, -0.1) is 16.9 Å². The molecule has 0 spiro atoms. The minimum atomic E-state index is -0.348. The maximum Gasteiger partial charge on any atom is 0.177 e. The molecule has 0 bridgehead atoms. The van der Waals surface area contributed by atoms with E-state index in [1.807, 2.05) is 6.07 Å². The molecule has 0 aliphatic heterocycles. The predicted octanol–water partition coefficient (Wildman–Crippen LogP) is 5.32.